The largest absolute Gasteiger partial charge is 0.497 e. The van der Waals surface area contributed by atoms with Crippen molar-refractivity contribution in [1.29, 1.82) is 0 Å². The Morgan fingerprint density at radius 3 is 2.21 bits per heavy atom. The number of ether oxygens (including phenoxy) is 1. The van der Waals surface area contributed by atoms with Gasteiger partial charge in [-0.25, -0.2) is 13.1 Å². The maximum atomic E-state index is 12.8. The number of methoxy groups -OCH3 is 1. The molecule has 2 aromatic rings. The van der Waals surface area contributed by atoms with Crippen molar-refractivity contribution in [3.8, 4) is 5.75 Å². The average Bonchev–Trinajstić information content (AvgIpc) is 2.75. The Kier molecular flexibility index (Phi) is 7.10. The van der Waals surface area contributed by atoms with Crippen LogP contribution in [0, 0.1) is 0 Å². The number of hydrogen-bond donors (Lipinski definition) is 1. The van der Waals surface area contributed by atoms with Crippen LogP contribution in [-0.2, 0) is 16.4 Å². The molecule has 1 aliphatic rings. The maximum Gasteiger partial charge on any atom is 0.240 e. The second-order valence-corrected chi connectivity index (χ2v) is 9.00. The Morgan fingerprint density at radius 2 is 1.64 bits per heavy atom. The first-order chi connectivity index (χ1) is 13.5. The number of rotatable bonds is 8. The summed E-state index contributed by atoms with van der Waals surface area (Å²) >= 11 is 0. The number of aryl methyl sites for hydroxylation is 1. The molecule has 1 unspecified atom stereocenters. The van der Waals surface area contributed by atoms with Crippen LogP contribution in [0.2, 0.25) is 0 Å². The van der Waals surface area contributed by atoms with Crippen molar-refractivity contribution in [3.05, 3.63) is 59.7 Å². The molecule has 0 aromatic heterocycles. The van der Waals surface area contributed by atoms with Crippen molar-refractivity contribution in [2.75, 3.05) is 26.7 Å². The Morgan fingerprint density at radius 1 is 1.00 bits per heavy atom. The molecule has 0 spiro atoms. The van der Waals surface area contributed by atoms with Crippen LogP contribution >= 0.6 is 0 Å². The highest BCUT2D eigenvalue weighted by Gasteiger charge is 2.25. The molecule has 0 aliphatic carbocycles. The molecule has 0 amide bonds. The van der Waals surface area contributed by atoms with Crippen LogP contribution in [0.5, 0.6) is 5.75 Å². The normalized spacial score (nSPS) is 16.6. The number of benzene rings is 2. The predicted molar refractivity (Wildman–Crippen MR) is 112 cm³/mol. The summed E-state index contributed by atoms with van der Waals surface area (Å²) in [4.78, 5) is 2.70. The summed E-state index contributed by atoms with van der Waals surface area (Å²) in [6.07, 6.45) is 4.43. The van der Waals surface area contributed by atoms with Crippen molar-refractivity contribution < 1.29 is 13.2 Å². The third kappa shape index (κ3) is 5.13. The molecule has 0 saturated carbocycles. The van der Waals surface area contributed by atoms with E-state index in [4.69, 9.17) is 4.74 Å². The van der Waals surface area contributed by atoms with Gasteiger partial charge in [0.15, 0.2) is 0 Å². The lowest BCUT2D eigenvalue weighted by Gasteiger charge is -2.35. The molecular weight excluding hydrogens is 372 g/mol. The summed E-state index contributed by atoms with van der Waals surface area (Å²) < 4.78 is 33.7. The van der Waals surface area contributed by atoms with Gasteiger partial charge < -0.3 is 4.74 Å². The lowest BCUT2D eigenvalue weighted by molar-refractivity contribution is 0.164. The fourth-order valence-corrected chi connectivity index (χ4v) is 4.73. The van der Waals surface area contributed by atoms with Crippen molar-refractivity contribution >= 4 is 10.0 Å². The molecule has 3 rings (SSSR count). The highest BCUT2D eigenvalue weighted by Crippen LogP contribution is 2.26. The van der Waals surface area contributed by atoms with E-state index in [-0.39, 0.29) is 6.04 Å². The fourth-order valence-electron chi connectivity index (χ4n) is 3.69. The van der Waals surface area contributed by atoms with Crippen LogP contribution in [-0.4, -0.2) is 40.1 Å². The number of piperidine rings is 1. The molecule has 2 aromatic carbocycles. The van der Waals surface area contributed by atoms with E-state index in [9.17, 15) is 8.42 Å². The minimum absolute atomic E-state index is 0.0101. The van der Waals surface area contributed by atoms with E-state index in [0.29, 0.717) is 11.4 Å². The summed E-state index contributed by atoms with van der Waals surface area (Å²) in [5, 5.41) is 0. The van der Waals surface area contributed by atoms with Crippen LogP contribution < -0.4 is 9.46 Å². The third-order valence-electron chi connectivity index (χ3n) is 5.44. The van der Waals surface area contributed by atoms with Crippen LogP contribution in [0.4, 0.5) is 0 Å². The Bertz CT molecular complexity index is 842. The van der Waals surface area contributed by atoms with Crippen molar-refractivity contribution in [2.45, 2.75) is 43.5 Å². The molecule has 5 nitrogen and oxygen atoms in total. The Hall–Kier alpha value is -1.89. The monoisotopic (exact) mass is 402 g/mol. The lowest BCUT2D eigenvalue weighted by atomic mass is 10.0. The van der Waals surface area contributed by atoms with Gasteiger partial charge in [0.05, 0.1) is 12.0 Å². The van der Waals surface area contributed by atoms with E-state index in [1.807, 2.05) is 36.4 Å². The van der Waals surface area contributed by atoms with Crippen LogP contribution in [0.3, 0.4) is 0 Å². The zero-order chi connectivity index (χ0) is 20.0. The Labute approximate surface area is 168 Å². The number of hydrogen-bond acceptors (Lipinski definition) is 4. The fraction of sp³-hybridized carbons (Fsp3) is 0.455. The summed E-state index contributed by atoms with van der Waals surface area (Å²) in [6.45, 7) is 4.39. The minimum Gasteiger partial charge on any atom is -0.497 e. The van der Waals surface area contributed by atoms with Gasteiger partial charge in [-0.2, -0.15) is 0 Å². The van der Waals surface area contributed by atoms with Gasteiger partial charge in [-0.05, 0) is 67.7 Å². The first-order valence-corrected chi connectivity index (χ1v) is 11.5. The Balaban J connectivity index is 1.77. The van der Waals surface area contributed by atoms with Crippen LogP contribution in [0.15, 0.2) is 53.4 Å². The van der Waals surface area contributed by atoms with Crippen molar-refractivity contribution in [1.82, 2.24) is 9.62 Å². The summed E-state index contributed by atoms with van der Waals surface area (Å²) in [6, 6.07) is 15.1. The smallest absolute Gasteiger partial charge is 0.240 e. The topological polar surface area (TPSA) is 58.6 Å². The second-order valence-electron chi connectivity index (χ2n) is 7.23. The number of nitrogens with one attached hydrogen (secondary N) is 1. The zero-order valence-electron chi connectivity index (χ0n) is 16.7. The van der Waals surface area contributed by atoms with E-state index in [2.05, 4.69) is 16.5 Å². The summed E-state index contributed by atoms with van der Waals surface area (Å²) in [7, 11) is -1.89. The van der Waals surface area contributed by atoms with Crippen LogP contribution in [0.1, 0.15) is 43.4 Å². The molecule has 28 heavy (non-hydrogen) atoms. The molecule has 1 atom stereocenters. The van der Waals surface area contributed by atoms with Gasteiger partial charge in [-0.1, -0.05) is 37.6 Å². The predicted octanol–water partition coefficient (Wildman–Crippen LogP) is 3.76. The van der Waals surface area contributed by atoms with Gasteiger partial charge in [0, 0.05) is 12.6 Å². The van der Waals surface area contributed by atoms with Crippen molar-refractivity contribution in [3.63, 3.8) is 0 Å². The molecule has 152 valence electrons. The van der Waals surface area contributed by atoms with Gasteiger partial charge in [0.25, 0.3) is 0 Å². The first kappa shape index (κ1) is 20.8. The quantitative estimate of drug-likeness (QED) is 0.730. The number of nitrogens with zero attached hydrogens (tertiary/aromatic N) is 1. The van der Waals surface area contributed by atoms with Gasteiger partial charge >= 0.3 is 0 Å². The number of sulfonamides is 1. The van der Waals surface area contributed by atoms with Crippen LogP contribution in [0.25, 0.3) is 0 Å². The molecule has 0 radical (unpaired) electrons. The van der Waals surface area contributed by atoms with E-state index in [1.54, 1.807) is 19.2 Å². The average molecular weight is 403 g/mol. The third-order valence-corrected chi connectivity index (χ3v) is 6.88. The SMILES string of the molecule is CCc1ccc(S(=O)(=O)NCC(c2ccc(OC)cc2)N2CCCCC2)cc1. The van der Waals surface area contributed by atoms with Gasteiger partial charge in [-0.15, -0.1) is 0 Å². The molecule has 1 aliphatic heterocycles. The second kappa shape index (κ2) is 9.54. The molecule has 1 heterocycles. The standard InChI is InChI=1S/C22H30N2O3S/c1-3-18-7-13-21(14-8-18)28(25,26)23-17-22(24-15-5-4-6-16-24)19-9-11-20(27-2)12-10-19/h7-14,22-23H,3-6,15-17H2,1-2H3. The number of likely N-dealkylation sites (tertiary alicyclic amines) is 1. The zero-order valence-corrected chi connectivity index (χ0v) is 17.5. The van der Waals surface area contributed by atoms with E-state index in [0.717, 1.165) is 49.2 Å². The molecular formula is C22H30N2O3S. The summed E-state index contributed by atoms with van der Waals surface area (Å²) in [5.74, 6) is 0.803. The molecule has 1 N–H and O–H groups in total. The van der Waals surface area contributed by atoms with Gasteiger partial charge in [-0.3, -0.25) is 4.90 Å². The maximum absolute atomic E-state index is 12.8. The molecule has 1 fully saturated rings. The van der Waals surface area contributed by atoms with Gasteiger partial charge in [0.1, 0.15) is 5.75 Å². The summed E-state index contributed by atoms with van der Waals surface area (Å²) in [5.41, 5.74) is 2.23. The highest BCUT2D eigenvalue weighted by atomic mass is 32.2. The van der Waals surface area contributed by atoms with E-state index < -0.39 is 10.0 Å². The van der Waals surface area contributed by atoms with Gasteiger partial charge in [0.2, 0.25) is 10.0 Å². The van der Waals surface area contributed by atoms with Crippen molar-refractivity contribution in [2.24, 2.45) is 0 Å². The van der Waals surface area contributed by atoms with E-state index in [1.165, 1.54) is 6.42 Å². The first-order valence-electron chi connectivity index (χ1n) is 10.00. The van der Waals surface area contributed by atoms with E-state index >= 15 is 0 Å². The lowest BCUT2D eigenvalue weighted by Crippen LogP contribution is -2.40. The minimum atomic E-state index is -3.54. The molecule has 0 bridgehead atoms. The molecule has 6 heteroatoms. The highest BCUT2D eigenvalue weighted by molar-refractivity contribution is 7.89. The molecule has 1 saturated heterocycles.